The van der Waals surface area contributed by atoms with Gasteiger partial charge in [-0.25, -0.2) is 0 Å². The van der Waals surface area contributed by atoms with Crippen molar-refractivity contribution in [3.05, 3.63) is 53.3 Å². The van der Waals surface area contributed by atoms with Crippen molar-refractivity contribution >= 4 is 0 Å². The van der Waals surface area contributed by atoms with Crippen LogP contribution in [0.4, 0.5) is 13.2 Å². The Morgan fingerprint density at radius 2 is 1.90 bits per heavy atom. The number of alkyl halides is 3. The van der Waals surface area contributed by atoms with Gasteiger partial charge in [-0.3, -0.25) is 4.68 Å². The molecule has 1 unspecified atom stereocenters. The average Bonchev–Trinajstić information content (AvgIpc) is 2.93. The molecule has 0 spiro atoms. The van der Waals surface area contributed by atoms with E-state index in [0.29, 0.717) is 6.54 Å². The molecule has 1 atom stereocenters. The summed E-state index contributed by atoms with van der Waals surface area (Å²) in [6.45, 7) is 2.42. The molecule has 3 nitrogen and oxygen atoms in total. The predicted molar refractivity (Wildman–Crippen MR) is 74.8 cm³/mol. The number of aromatic nitrogens is 2. The first-order valence-electron chi connectivity index (χ1n) is 6.79. The Hall–Kier alpha value is -1.82. The van der Waals surface area contributed by atoms with Gasteiger partial charge in [0.2, 0.25) is 0 Å². The van der Waals surface area contributed by atoms with Gasteiger partial charge in [0.05, 0.1) is 24.3 Å². The zero-order chi connectivity index (χ0) is 15.5. The van der Waals surface area contributed by atoms with Crippen LogP contribution in [0.3, 0.4) is 0 Å². The number of hydrogen-bond donors (Lipinski definition) is 1. The molecule has 0 fully saturated rings. The topological polar surface area (TPSA) is 29.9 Å². The molecule has 0 bridgehead atoms. The quantitative estimate of drug-likeness (QED) is 0.916. The first kappa shape index (κ1) is 15.6. The van der Waals surface area contributed by atoms with Gasteiger partial charge >= 0.3 is 6.18 Å². The number of benzene rings is 1. The minimum absolute atomic E-state index is 0.0862. The fourth-order valence-electron chi connectivity index (χ4n) is 2.15. The van der Waals surface area contributed by atoms with Crippen LogP contribution in [0.25, 0.3) is 0 Å². The highest BCUT2D eigenvalue weighted by molar-refractivity contribution is 5.25. The summed E-state index contributed by atoms with van der Waals surface area (Å²) in [5, 5.41) is 6.90. The van der Waals surface area contributed by atoms with Crippen molar-refractivity contribution in [2.45, 2.75) is 32.1 Å². The molecular weight excluding hydrogens is 279 g/mol. The summed E-state index contributed by atoms with van der Waals surface area (Å²) in [7, 11) is 1.78. The molecule has 2 aromatic rings. The fourth-order valence-corrected chi connectivity index (χ4v) is 2.15. The summed E-state index contributed by atoms with van der Waals surface area (Å²) < 4.78 is 39.0. The van der Waals surface area contributed by atoms with E-state index in [2.05, 4.69) is 17.3 Å². The molecule has 2 rings (SSSR count). The Balaban J connectivity index is 2.13. The van der Waals surface area contributed by atoms with Gasteiger partial charge in [0.1, 0.15) is 0 Å². The van der Waals surface area contributed by atoms with Gasteiger partial charge in [-0.15, -0.1) is 0 Å². The number of nitrogens with one attached hydrogen (secondary N) is 1. The summed E-state index contributed by atoms with van der Waals surface area (Å²) >= 11 is 0. The summed E-state index contributed by atoms with van der Waals surface area (Å²) in [4.78, 5) is 0. The van der Waals surface area contributed by atoms with Gasteiger partial charge in [0.25, 0.3) is 0 Å². The third kappa shape index (κ3) is 3.85. The van der Waals surface area contributed by atoms with E-state index in [1.54, 1.807) is 7.05 Å². The van der Waals surface area contributed by atoms with E-state index in [4.69, 9.17) is 0 Å². The second-order valence-electron chi connectivity index (χ2n) is 4.89. The van der Waals surface area contributed by atoms with Crippen LogP contribution in [0.1, 0.15) is 29.7 Å². The zero-order valence-corrected chi connectivity index (χ0v) is 12.0. The Morgan fingerprint density at radius 3 is 2.38 bits per heavy atom. The Bertz CT molecular complexity index is 573. The molecule has 0 amide bonds. The highest BCUT2D eigenvalue weighted by atomic mass is 19.4. The lowest BCUT2D eigenvalue weighted by atomic mass is 10.0. The van der Waals surface area contributed by atoms with Gasteiger partial charge in [-0.05, 0) is 24.6 Å². The summed E-state index contributed by atoms with van der Waals surface area (Å²) in [5.41, 5.74) is 1.53. The largest absolute Gasteiger partial charge is 0.419 e. The minimum Gasteiger partial charge on any atom is -0.311 e. The maximum Gasteiger partial charge on any atom is 0.419 e. The normalized spacial score (nSPS) is 13.4. The molecule has 0 aliphatic heterocycles. The van der Waals surface area contributed by atoms with Gasteiger partial charge < -0.3 is 5.32 Å². The van der Waals surface area contributed by atoms with Crippen molar-refractivity contribution in [3.63, 3.8) is 0 Å². The van der Waals surface area contributed by atoms with E-state index in [1.165, 1.54) is 10.2 Å². The lowest BCUT2D eigenvalue weighted by Crippen LogP contribution is -2.22. The molecule has 0 saturated heterocycles. The van der Waals surface area contributed by atoms with Gasteiger partial charge in [-0.1, -0.05) is 31.2 Å². The van der Waals surface area contributed by atoms with Crippen molar-refractivity contribution in [1.82, 2.24) is 15.1 Å². The standard InChI is InChI=1S/C15H18F3N3/c1-3-11-4-6-12(7-5-11)14(19-2)10-21-9-13(8-20-21)15(16,17)18/h4-9,14,19H,3,10H2,1-2H3. The molecule has 0 aliphatic rings. The Morgan fingerprint density at radius 1 is 1.24 bits per heavy atom. The van der Waals surface area contributed by atoms with Crippen LogP contribution in [-0.4, -0.2) is 16.8 Å². The van der Waals surface area contributed by atoms with Gasteiger partial charge in [0, 0.05) is 6.20 Å². The second kappa shape index (κ2) is 6.30. The van der Waals surface area contributed by atoms with Gasteiger partial charge in [0.15, 0.2) is 0 Å². The second-order valence-corrected chi connectivity index (χ2v) is 4.89. The molecule has 21 heavy (non-hydrogen) atoms. The van der Waals surface area contributed by atoms with Crippen molar-refractivity contribution < 1.29 is 13.2 Å². The lowest BCUT2D eigenvalue weighted by molar-refractivity contribution is -0.137. The number of aryl methyl sites for hydroxylation is 1. The van der Waals surface area contributed by atoms with E-state index >= 15 is 0 Å². The number of likely N-dealkylation sites (N-methyl/N-ethyl adjacent to an activating group) is 1. The van der Waals surface area contributed by atoms with E-state index in [1.807, 2.05) is 24.3 Å². The van der Waals surface area contributed by atoms with Crippen LogP contribution in [-0.2, 0) is 19.1 Å². The van der Waals surface area contributed by atoms with Crippen LogP contribution >= 0.6 is 0 Å². The molecule has 114 valence electrons. The van der Waals surface area contributed by atoms with Gasteiger partial charge in [-0.2, -0.15) is 18.3 Å². The summed E-state index contributed by atoms with van der Waals surface area (Å²) in [5.74, 6) is 0. The Kier molecular flexibility index (Phi) is 4.67. The van der Waals surface area contributed by atoms with Crippen LogP contribution in [0.15, 0.2) is 36.7 Å². The van der Waals surface area contributed by atoms with Crippen molar-refractivity contribution in [2.24, 2.45) is 0 Å². The highest BCUT2D eigenvalue weighted by Crippen LogP contribution is 2.28. The number of hydrogen-bond acceptors (Lipinski definition) is 2. The van der Waals surface area contributed by atoms with E-state index < -0.39 is 11.7 Å². The molecule has 6 heteroatoms. The molecule has 1 N–H and O–H groups in total. The smallest absolute Gasteiger partial charge is 0.311 e. The first-order chi connectivity index (χ1) is 9.94. The maximum absolute atomic E-state index is 12.6. The number of halogens is 3. The van der Waals surface area contributed by atoms with Crippen LogP contribution in [0.2, 0.25) is 0 Å². The third-order valence-corrected chi connectivity index (χ3v) is 3.47. The summed E-state index contributed by atoms with van der Waals surface area (Å²) in [6.07, 6.45) is -1.51. The molecule has 0 saturated carbocycles. The predicted octanol–water partition coefficient (Wildman–Crippen LogP) is 3.43. The molecule has 0 radical (unpaired) electrons. The van der Waals surface area contributed by atoms with E-state index in [9.17, 15) is 13.2 Å². The SMILES string of the molecule is CCc1ccc(C(Cn2cc(C(F)(F)F)cn2)NC)cc1. The fraction of sp³-hybridized carbons (Fsp3) is 0.400. The third-order valence-electron chi connectivity index (χ3n) is 3.47. The first-order valence-corrected chi connectivity index (χ1v) is 6.79. The van der Waals surface area contributed by atoms with Crippen LogP contribution in [0, 0.1) is 0 Å². The maximum atomic E-state index is 12.6. The molecule has 1 aromatic heterocycles. The van der Waals surface area contributed by atoms with Crippen molar-refractivity contribution in [2.75, 3.05) is 7.05 Å². The van der Waals surface area contributed by atoms with Crippen LogP contribution in [0.5, 0.6) is 0 Å². The molecular formula is C15H18F3N3. The Labute approximate surface area is 121 Å². The lowest BCUT2D eigenvalue weighted by Gasteiger charge is -2.17. The molecule has 1 heterocycles. The van der Waals surface area contributed by atoms with Crippen molar-refractivity contribution in [3.8, 4) is 0 Å². The van der Waals surface area contributed by atoms with E-state index in [0.717, 1.165) is 24.4 Å². The average molecular weight is 297 g/mol. The highest BCUT2D eigenvalue weighted by Gasteiger charge is 2.32. The molecule has 1 aromatic carbocycles. The van der Waals surface area contributed by atoms with Crippen molar-refractivity contribution in [1.29, 1.82) is 0 Å². The van der Waals surface area contributed by atoms with E-state index in [-0.39, 0.29) is 6.04 Å². The zero-order valence-electron chi connectivity index (χ0n) is 12.0. The number of nitrogens with zero attached hydrogens (tertiary/aromatic N) is 2. The molecule has 0 aliphatic carbocycles. The van der Waals surface area contributed by atoms with Crippen LogP contribution < -0.4 is 5.32 Å². The summed E-state index contributed by atoms with van der Waals surface area (Å²) in [6, 6.07) is 7.97. The number of rotatable bonds is 5. The monoisotopic (exact) mass is 297 g/mol. The minimum atomic E-state index is -4.35.